The molecule has 3 amide bonds. The van der Waals surface area contributed by atoms with Gasteiger partial charge in [-0.25, -0.2) is 4.39 Å². The molecule has 0 fully saturated rings. The quantitative estimate of drug-likeness (QED) is 0.711. The second-order valence-electron chi connectivity index (χ2n) is 6.93. The van der Waals surface area contributed by atoms with Gasteiger partial charge in [0, 0.05) is 18.2 Å². The van der Waals surface area contributed by atoms with Crippen LogP contribution in [0.5, 0.6) is 0 Å². The maximum absolute atomic E-state index is 13.8. The van der Waals surface area contributed by atoms with Gasteiger partial charge in [0.1, 0.15) is 11.9 Å². The van der Waals surface area contributed by atoms with Crippen molar-refractivity contribution in [1.82, 2.24) is 5.32 Å². The first-order valence-corrected chi connectivity index (χ1v) is 8.93. The van der Waals surface area contributed by atoms with Crippen molar-refractivity contribution in [2.75, 3.05) is 10.6 Å². The number of nitrogens with one attached hydrogen (secondary N) is 3. The molecule has 7 heteroatoms. The van der Waals surface area contributed by atoms with E-state index < -0.39 is 23.7 Å². The lowest BCUT2D eigenvalue weighted by atomic mass is 10.0. The van der Waals surface area contributed by atoms with Crippen LogP contribution in [-0.2, 0) is 9.59 Å². The minimum absolute atomic E-state index is 0.0322. The summed E-state index contributed by atoms with van der Waals surface area (Å²) in [5.41, 5.74) is 1.68. The van der Waals surface area contributed by atoms with Crippen molar-refractivity contribution in [3.63, 3.8) is 0 Å². The molecule has 6 nitrogen and oxygen atoms in total. The number of hydrogen-bond donors (Lipinski definition) is 3. The molecule has 0 radical (unpaired) electrons. The number of benzene rings is 2. The van der Waals surface area contributed by atoms with E-state index in [0.29, 0.717) is 11.3 Å². The van der Waals surface area contributed by atoms with Crippen molar-refractivity contribution in [2.24, 2.45) is 5.92 Å². The van der Waals surface area contributed by atoms with Crippen LogP contribution in [0.25, 0.3) is 0 Å². The number of aryl methyl sites for hydroxylation is 1. The fourth-order valence-corrected chi connectivity index (χ4v) is 2.65. The zero-order valence-corrected chi connectivity index (χ0v) is 16.3. The Hall–Kier alpha value is -3.22. The van der Waals surface area contributed by atoms with Gasteiger partial charge in [-0.2, -0.15) is 0 Å². The summed E-state index contributed by atoms with van der Waals surface area (Å²) in [5.74, 6) is -2.00. The molecule has 1 unspecified atom stereocenters. The van der Waals surface area contributed by atoms with Gasteiger partial charge in [-0.05, 0) is 43.2 Å². The number of amides is 3. The molecule has 1 atom stereocenters. The highest BCUT2D eigenvalue weighted by molar-refractivity contribution is 6.01. The highest BCUT2D eigenvalue weighted by Crippen LogP contribution is 2.20. The highest BCUT2D eigenvalue weighted by atomic mass is 19.1. The third-order valence-corrected chi connectivity index (χ3v) is 4.06. The molecule has 148 valence electrons. The van der Waals surface area contributed by atoms with E-state index in [-0.39, 0.29) is 17.5 Å². The fourth-order valence-electron chi connectivity index (χ4n) is 2.65. The minimum atomic E-state index is -0.790. The summed E-state index contributed by atoms with van der Waals surface area (Å²) in [6.45, 7) is 6.77. The first kappa shape index (κ1) is 21.1. The van der Waals surface area contributed by atoms with E-state index >= 15 is 0 Å². The van der Waals surface area contributed by atoms with Gasteiger partial charge in [0.25, 0.3) is 5.91 Å². The van der Waals surface area contributed by atoms with Gasteiger partial charge in [0.05, 0.1) is 5.69 Å². The van der Waals surface area contributed by atoms with Gasteiger partial charge in [-0.15, -0.1) is 0 Å². The van der Waals surface area contributed by atoms with Gasteiger partial charge in [0.2, 0.25) is 11.8 Å². The lowest BCUT2D eigenvalue weighted by Crippen LogP contribution is -2.47. The summed E-state index contributed by atoms with van der Waals surface area (Å²) in [6.07, 6.45) is 0. The molecular formula is C21H24FN3O3. The smallest absolute Gasteiger partial charge is 0.251 e. The van der Waals surface area contributed by atoms with Crippen LogP contribution >= 0.6 is 0 Å². The standard InChI is InChI=1S/C21H24FN3O3/c1-12(2)19(25-20(27)15-7-5-6-13(3)10-15)21(28)24-16-8-9-17(22)18(11-16)23-14(4)26/h5-12,19H,1-4H3,(H,23,26)(H,24,28)(H,25,27). The second-order valence-corrected chi connectivity index (χ2v) is 6.93. The summed E-state index contributed by atoms with van der Waals surface area (Å²) >= 11 is 0. The summed E-state index contributed by atoms with van der Waals surface area (Å²) in [6, 6.07) is 10.1. The Balaban J connectivity index is 2.15. The molecular weight excluding hydrogens is 361 g/mol. The van der Waals surface area contributed by atoms with E-state index in [2.05, 4.69) is 16.0 Å². The van der Waals surface area contributed by atoms with Crippen molar-refractivity contribution in [3.8, 4) is 0 Å². The summed E-state index contributed by atoms with van der Waals surface area (Å²) in [4.78, 5) is 36.4. The van der Waals surface area contributed by atoms with Crippen LogP contribution in [0, 0.1) is 18.7 Å². The van der Waals surface area contributed by atoms with E-state index in [4.69, 9.17) is 0 Å². The number of halogens is 1. The van der Waals surface area contributed by atoms with E-state index in [1.54, 1.807) is 18.2 Å². The molecule has 0 aromatic heterocycles. The van der Waals surface area contributed by atoms with Crippen molar-refractivity contribution >= 4 is 29.1 Å². The SMILES string of the molecule is CC(=O)Nc1cc(NC(=O)C(NC(=O)c2cccc(C)c2)C(C)C)ccc1F. The van der Waals surface area contributed by atoms with E-state index in [0.717, 1.165) is 11.6 Å². The third-order valence-electron chi connectivity index (χ3n) is 4.06. The van der Waals surface area contributed by atoms with Crippen LogP contribution in [0.3, 0.4) is 0 Å². The molecule has 28 heavy (non-hydrogen) atoms. The van der Waals surface area contributed by atoms with Crippen molar-refractivity contribution in [3.05, 3.63) is 59.4 Å². The fraction of sp³-hybridized carbons (Fsp3) is 0.286. The molecule has 0 aliphatic heterocycles. The molecule has 0 aliphatic rings. The predicted molar refractivity (Wildman–Crippen MR) is 107 cm³/mol. The molecule has 0 bridgehead atoms. The lowest BCUT2D eigenvalue weighted by Gasteiger charge is -2.22. The Morgan fingerprint density at radius 3 is 2.32 bits per heavy atom. The van der Waals surface area contributed by atoms with Gasteiger partial charge < -0.3 is 16.0 Å². The largest absolute Gasteiger partial charge is 0.340 e. The van der Waals surface area contributed by atoms with Gasteiger partial charge in [-0.1, -0.05) is 31.5 Å². The van der Waals surface area contributed by atoms with E-state index in [1.807, 2.05) is 26.8 Å². The third kappa shape index (κ3) is 5.64. The lowest BCUT2D eigenvalue weighted by molar-refractivity contribution is -0.119. The average Bonchev–Trinajstić information content (AvgIpc) is 2.61. The molecule has 0 aliphatic carbocycles. The summed E-state index contributed by atoms with van der Waals surface area (Å²) in [7, 11) is 0. The van der Waals surface area contributed by atoms with E-state index in [1.165, 1.54) is 19.1 Å². The minimum Gasteiger partial charge on any atom is -0.340 e. The monoisotopic (exact) mass is 385 g/mol. The van der Waals surface area contributed by atoms with Crippen molar-refractivity contribution in [2.45, 2.75) is 33.7 Å². The van der Waals surface area contributed by atoms with Crippen LogP contribution in [0.2, 0.25) is 0 Å². The number of carbonyl (C=O) groups is 3. The van der Waals surface area contributed by atoms with E-state index in [9.17, 15) is 18.8 Å². The van der Waals surface area contributed by atoms with Crippen LogP contribution in [0.1, 0.15) is 36.7 Å². The van der Waals surface area contributed by atoms with Crippen LogP contribution in [0.4, 0.5) is 15.8 Å². The zero-order valence-electron chi connectivity index (χ0n) is 16.3. The molecule has 2 aromatic rings. The normalized spacial score (nSPS) is 11.6. The number of hydrogen-bond acceptors (Lipinski definition) is 3. The predicted octanol–water partition coefficient (Wildman–Crippen LogP) is 3.49. The first-order valence-electron chi connectivity index (χ1n) is 8.93. The molecule has 0 heterocycles. The molecule has 0 saturated carbocycles. The zero-order chi connectivity index (χ0) is 20.8. The summed E-state index contributed by atoms with van der Waals surface area (Å²) < 4.78 is 13.8. The number of rotatable bonds is 6. The number of carbonyl (C=O) groups excluding carboxylic acids is 3. The summed E-state index contributed by atoms with van der Waals surface area (Å²) in [5, 5.41) is 7.77. The van der Waals surface area contributed by atoms with Crippen LogP contribution in [0.15, 0.2) is 42.5 Å². The first-order chi connectivity index (χ1) is 13.2. The maximum Gasteiger partial charge on any atom is 0.251 e. The molecule has 2 rings (SSSR count). The molecule has 2 aromatic carbocycles. The number of anilines is 2. The van der Waals surface area contributed by atoms with Crippen molar-refractivity contribution in [1.29, 1.82) is 0 Å². The molecule has 0 spiro atoms. The topological polar surface area (TPSA) is 87.3 Å². The van der Waals surface area contributed by atoms with Gasteiger partial charge >= 0.3 is 0 Å². The molecule has 0 saturated heterocycles. The Bertz CT molecular complexity index is 896. The van der Waals surface area contributed by atoms with Gasteiger partial charge in [-0.3, -0.25) is 14.4 Å². The van der Waals surface area contributed by atoms with Crippen LogP contribution < -0.4 is 16.0 Å². The Morgan fingerprint density at radius 2 is 1.71 bits per heavy atom. The van der Waals surface area contributed by atoms with Gasteiger partial charge in [0.15, 0.2) is 0 Å². The van der Waals surface area contributed by atoms with Crippen molar-refractivity contribution < 1.29 is 18.8 Å². The molecule has 3 N–H and O–H groups in total. The maximum atomic E-state index is 13.8. The second kappa shape index (κ2) is 9.12. The van der Waals surface area contributed by atoms with Crippen LogP contribution in [-0.4, -0.2) is 23.8 Å². The Labute approximate surface area is 163 Å². The Morgan fingerprint density at radius 1 is 1.00 bits per heavy atom. The highest BCUT2D eigenvalue weighted by Gasteiger charge is 2.25. The average molecular weight is 385 g/mol. The Kier molecular flexibility index (Phi) is 6.87.